The summed E-state index contributed by atoms with van der Waals surface area (Å²) < 4.78 is 4.75. The van der Waals surface area contributed by atoms with Crippen molar-refractivity contribution < 1.29 is 4.42 Å². The van der Waals surface area contributed by atoms with Crippen molar-refractivity contribution in [2.45, 2.75) is 6.92 Å². The van der Waals surface area contributed by atoms with Crippen molar-refractivity contribution in [3.05, 3.63) is 18.6 Å². The summed E-state index contributed by atoms with van der Waals surface area (Å²) in [6, 6.07) is 1.75. The van der Waals surface area contributed by atoms with Gasteiger partial charge in [-0.1, -0.05) is 0 Å². The molecular weight excluding hydrogens is 116 g/mol. The van der Waals surface area contributed by atoms with Crippen molar-refractivity contribution in [3.63, 3.8) is 0 Å². The molecule has 0 radical (unpaired) electrons. The number of amidine groups is 1. The molecule has 3 nitrogen and oxygen atoms in total. The number of nitrogens with zero attached hydrogens (tertiary/aromatic N) is 1. The highest BCUT2D eigenvalue weighted by atomic mass is 16.3. The minimum atomic E-state index is 0.538. The largest absolute Gasteiger partial charge is 0.470 e. The van der Waals surface area contributed by atoms with Gasteiger partial charge in [0.2, 0.25) is 0 Å². The van der Waals surface area contributed by atoms with E-state index in [1.54, 1.807) is 19.3 Å². The molecule has 0 aliphatic heterocycles. The van der Waals surface area contributed by atoms with Crippen molar-refractivity contribution in [3.8, 4) is 0 Å². The number of aliphatic imine (C=N–C) groups is 1. The topological polar surface area (TPSA) is 51.5 Å². The summed E-state index contributed by atoms with van der Waals surface area (Å²) in [6.07, 6.45) is 3.10. The zero-order chi connectivity index (χ0) is 6.69. The first-order valence-electron chi connectivity index (χ1n) is 2.62. The Kier molecular flexibility index (Phi) is 1.53. The van der Waals surface area contributed by atoms with Crippen LogP contribution in [-0.4, -0.2) is 5.84 Å². The Morgan fingerprint density at radius 2 is 2.56 bits per heavy atom. The third-order valence-corrected chi connectivity index (χ3v) is 0.812. The van der Waals surface area contributed by atoms with Gasteiger partial charge in [-0.25, -0.2) is 4.99 Å². The normalized spacial score (nSPS) is 11.9. The molecule has 3 heteroatoms. The van der Waals surface area contributed by atoms with Crippen LogP contribution >= 0.6 is 0 Å². The predicted octanol–water partition coefficient (Wildman–Crippen LogP) is 1.29. The molecule has 2 N–H and O–H groups in total. The maximum atomic E-state index is 5.29. The van der Waals surface area contributed by atoms with Crippen molar-refractivity contribution in [1.82, 2.24) is 0 Å². The molecule has 1 aromatic rings. The second-order valence-electron chi connectivity index (χ2n) is 1.73. The molecular formula is C6H8N2O. The number of nitrogens with two attached hydrogens (primary N) is 1. The Hall–Kier alpha value is -1.25. The maximum absolute atomic E-state index is 5.29. The van der Waals surface area contributed by atoms with E-state index in [1.165, 1.54) is 6.26 Å². The molecule has 0 saturated carbocycles. The lowest BCUT2D eigenvalue weighted by molar-refractivity contribution is 0.568. The Bertz CT molecular complexity index is 197. The Labute approximate surface area is 53.2 Å². The molecule has 1 heterocycles. The fourth-order valence-corrected chi connectivity index (χ4v) is 0.525. The average Bonchev–Trinajstić information content (AvgIpc) is 2.15. The first-order valence-corrected chi connectivity index (χ1v) is 2.62. The smallest absolute Gasteiger partial charge is 0.116 e. The van der Waals surface area contributed by atoms with E-state index in [2.05, 4.69) is 4.99 Å². The number of hydrogen-bond acceptors (Lipinski definition) is 2. The molecule has 1 aromatic heterocycles. The van der Waals surface area contributed by atoms with Crippen molar-refractivity contribution in [1.29, 1.82) is 0 Å². The fraction of sp³-hybridized carbons (Fsp3) is 0.167. The van der Waals surface area contributed by atoms with E-state index in [0.717, 1.165) is 5.69 Å². The second kappa shape index (κ2) is 2.35. The first-order chi connectivity index (χ1) is 4.29. The van der Waals surface area contributed by atoms with E-state index in [-0.39, 0.29) is 0 Å². The van der Waals surface area contributed by atoms with Gasteiger partial charge in [0.25, 0.3) is 0 Å². The molecule has 1 rings (SSSR count). The third-order valence-electron chi connectivity index (χ3n) is 0.812. The molecule has 48 valence electrons. The van der Waals surface area contributed by atoms with Crippen LogP contribution < -0.4 is 5.73 Å². The van der Waals surface area contributed by atoms with Gasteiger partial charge in [0.05, 0.1) is 12.1 Å². The summed E-state index contributed by atoms with van der Waals surface area (Å²) in [4.78, 5) is 3.92. The molecule has 0 amide bonds. The highest BCUT2D eigenvalue weighted by molar-refractivity contribution is 5.80. The van der Waals surface area contributed by atoms with E-state index < -0.39 is 0 Å². The van der Waals surface area contributed by atoms with Crippen LogP contribution in [0.1, 0.15) is 6.92 Å². The van der Waals surface area contributed by atoms with Crippen molar-refractivity contribution >= 4 is 11.5 Å². The predicted molar refractivity (Wildman–Crippen MR) is 35.7 cm³/mol. The van der Waals surface area contributed by atoms with Gasteiger partial charge in [0.1, 0.15) is 12.0 Å². The van der Waals surface area contributed by atoms with Crippen LogP contribution in [0.15, 0.2) is 28.0 Å². The molecule has 0 fully saturated rings. The van der Waals surface area contributed by atoms with Gasteiger partial charge in [0.15, 0.2) is 0 Å². The van der Waals surface area contributed by atoms with Crippen molar-refractivity contribution in [2.75, 3.05) is 0 Å². The van der Waals surface area contributed by atoms with E-state index in [9.17, 15) is 0 Å². The SMILES string of the molecule is CC(N)=Nc1ccoc1. The molecule has 0 bridgehead atoms. The van der Waals surface area contributed by atoms with Gasteiger partial charge in [-0.15, -0.1) is 0 Å². The number of hydrogen-bond donors (Lipinski definition) is 1. The third kappa shape index (κ3) is 1.60. The number of furan rings is 1. The standard InChI is InChI=1S/C6H8N2O/c1-5(7)8-6-2-3-9-4-6/h2-4H,1H3,(H2,7,8). The molecule has 0 aliphatic rings. The Balaban J connectivity index is 2.80. The summed E-state index contributed by atoms with van der Waals surface area (Å²) >= 11 is 0. The van der Waals surface area contributed by atoms with Crippen LogP contribution in [-0.2, 0) is 0 Å². The number of rotatable bonds is 1. The minimum Gasteiger partial charge on any atom is -0.470 e. The lowest BCUT2D eigenvalue weighted by Gasteiger charge is -1.84. The van der Waals surface area contributed by atoms with Crippen LogP contribution in [0.4, 0.5) is 5.69 Å². The summed E-state index contributed by atoms with van der Waals surface area (Å²) in [5.41, 5.74) is 6.05. The van der Waals surface area contributed by atoms with Crippen LogP contribution in [0.25, 0.3) is 0 Å². The van der Waals surface area contributed by atoms with E-state index >= 15 is 0 Å². The molecule has 0 spiro atoms. The molecule has 0 aliphatic carbocycles. The van der Waals surface area contributed by atoms with Crippen LogP contribution in [0.5, 0.6) is 0 Å². The average molecular weight is 124 g/mol. The van der Waals surface area contributed by atoms with Gasteiger partial charge < -0.3 is 10.2 Å². The van der Waals surface area contributed by atoms with Crippen LogP contribution in [0.3, 0.4) is 0 Å². The molecule has 9 heavy (non-hydrogen) atoms. The van der Waals surface area contributed by atoms with Gasteiger partial charge in [0, 0.05) is 6.07 Å². The van der Waals surface area contributed by atoms with Gasteiger partial charge >= 0.3 is 0 Å². The zero-order valence-corrected chi connectivity index (χ0v) is 5.16. The highest BCUT2D eigenvalue weighted by Gasteiger charge is 1.86. The van der Waals surface area contributed by atoms with Gasteiger partial charge in [-0.2, -0.15) is 0 Å². The lowest BCUT2D eigenvalue weighted by Crippen LogP contribution is -2.03. The van der Waals surface area contributed by atoms with Gasteiger partial charge in [-0.05, 0) is 6.92 Å². The first kappa shape index (κ1) is 5.88. The Morgan fingerprint density at radius 3 is 3.00 bits per heavy atom. The Morgan fingerprint density at radius 1 is 1.78 bits per heavy atom. The molecule has 0 unspecified atom stereocenters. The van der Waals surface area contributed by atoms with Crippen LogP contribution in [0.2, 0.25) is 0 Å². The summed E-state index contributed by atoms with van der Waals surface area (Å²) in [5, 5.41) is 0. The van der Waals surface area contributed by atoms with Crippen molar-refractivity contribution in [2.24, 2.45) is 10.7 Å². The molecule has 0 atom stereocenters. The summed E-state index contributed by atoms with van der Waals surface area (Å²) in [7, 11) is 0. The molecule has 0 aromatic carbocycles. The van der Waals surface area contributed by atoms with Crippen LogP contribution in [0, 0.1) is 0 Å². The maximum Gasteiger partial charge on any atom is 0.116 e. The highest BCUT2D eigenvalue weighted by Crippen LogP contribution is 2.10. The minimum absolute atomic E-state index is 0.538. The summed E-state index contributed by atoms with van der Waals surface area (Å²) in [5.74, 6) is 0.538. The van der Waals surface area contributed by atoms with E-state index in [0.29, 0.717) is 5.84 Å². The zero-order valence-electron chi connectivity index (χ0n) is 5.16. The quantitative estimate of drug-likeness (QED) is 0.453. The van der Waals surface area contributed by atoms with E-state index in [4.69, 9.17) is 10.2 Å². The van der Waals surface area contributed by atoms with Gasteiger partial charge in [-0.3, -0.25) is 0 Å². The fourth-order valence-electron chi connectivity index (χ4n) is 0.525. The second-order valence-corrected chi connectivity index (χ2v) is 1.73. The lowest BCUT2D eigenvalue weighted by atomic mass is 10.5. The monoisotopic (exact) mass is 124 g/mol. The summed E-state index contributed by atoms with van der Waals surface area (Å²) in [6.45, 7) is 1.73. The molecule has 0 saturated heterocycles. The van der Waals surface area contributed by atoms with E-state index in [1.807, 2.05) is 0 Å².